The molecule has 1 N–H and O–H groups in total. The topological polar surface area (TPSA) is 96.0 Å². The monoisotopic (exact) mass is 373 g/mol. The summed E-state index contributed by atoms with van der Waals surface area (Å²) in [4.78, 5) is 22.6. The molecule has 0 aliphatic heterocycles. The minimum Gasteiger partial charge on any atom is -0.346 e. The third kappa shape index (κ3) is 3.93. The zero-order valence-corrected chi connectivity index (χ0v) is 13.7. The summed E-state index contributed by atoms with van der Waals surface area (Å²) in [7, 11) is 0. The molecule has 0 saturated heterocycles. The van der Waals surface area contributed by atoms with E-state index in [2.05, 4.69) is 21.2 Å². The molecule has 6 nitrogen and oxygen atoms in total. The summed E-state index contributed by atoms with van der Waals surface area (Å²) in [6.07, 6.45) is 0. The Morgan fingerprint density at radius 3 is 2.52 bits per heavy atom. The highest BCUT2D eigenvalue weighted by Crippen LogP contribution is 2.26. The molecule has 2 aromatic rings. The van der Waals surface area contributed by atoms with Crippen molar-refractivity contribution in [2.45, 2.75) is 13.0 Å². The van der Waals surface area contributed by atoms with Crippen LogP contribution in [0.15, 0.2) is 46.9 Å². The van der Waals surface area contributed by atoms with Gasteiger partial charge in [0.25, 0.3) is 11.6 Å². The third-order valence-corrected chi connectivity index (χ3v) is 3.96. The van der Waals surface area contributed by atoms with Crippen LogP contribution < -0.4 is 5.32 Å². The van der Waals surface area contributed by atoms with Crippen LogP contribution in [-0.4, -0.2) is 10.8 Å². The summed E-state index contributed by atoms with van der Waals surface area (Å²) in [6, 6.07) is 12.8. The van der Waals surface area contributed by atoms with Gasteiger partial charge in [0.15, 0.2) is 0 Å². The van der Waals surface area contributed by atoms with E-state index in [-0.39, 0.29) is 17.3 Å². The molecule has 1 atom stereocenters. The Morgan fingerprint density at radius 1 is 1.30 bits per heavy atom. The van der Waals surface area contributed by atoms with Gasteiger partial charge in [-0.1, -0.05) is 12.1 Å². The van der Waals surface area contributed by atoms with Crippen molar-refractivity contribution < 1.29 is 9.72 Å². The molecule has 116 valence electrons. The number of amides is 1. The van der Waals surface area contributed by atoms with Crippen LogP contribution in [0.1, 0.15) is 34.5 Å². The lowest BCUT2D eigenvalue weighted by Crippen LogP contribution is -2.26. The molecule has 0 aliphatic carbocycles. The van der Waals surface area contributed by atoms with E-state index in [0.29, 0.717) is 10.0 Å². The molecule has 0 aromatic heterocycles. The molecule has 0 radical (unpaired) electrons. The Hall–Kier alpha value is -2.72. The number of carbonyl (C=O) groups excluding carboxylic acids is 1. The van der Waals surface area contributed by atoms with Crippen molar-refractivity contribution in [2.24, 2.45) is 0 Å². The van der Waals surface area contributed by atoms with Gasteiger partial charge in [-0.25, -0.2) is 0 Å². The highest BCUT2D eigenvalue weighted by molar-refractivity contribution is 9.10. The fraction of sp³-hybridized carbons (Fsp3) is 0.125. The van der Waals surface area contributed by atoms with E-state index in [0.717, 1.165) is 5.56 Å². The zero-order chi connectivity index (χ0) is 17.0. The van der Waals surface area contributed by atoms with Crippen LogP contribution in [-0.2, 0) is 0 Å². The van der Waals surface area contributed by atoms with Gasteiger partial charge in [-0.3, -0.25) is 14.9 Å². The van der Waals surface area contributed by atoms with E-state index in [9.17, 15) is 14.9 Å². The number of benzene rings is 2. The van der Waals surface area contributed by atoms with Gasteiger partial charge >= 0.3 is 0 Å². The second kappa shape index (κ2) is 7.03. The van der Waals surface area contributed by atoms with Gasteiger partial charge in [0.2, 0.25) is 0 Å². The average Bonchev–Trinajstić information content (AvgIpc) is 2.54. The standard InChI is InChI=1S/C16H12BrN3O3/c1-10(12-4-2-11(9-18)3-5-12)19-16(21)13-6-7-14(17)15(8-13)20(22)23/h2-8,10H,1H3,(H,19,21). The molecular formula is C16H12BrN3O3. The number of nitrogens with zero attached hydrogens (tertiary/aromatic N) is 2. The maximum Gasteiger partial charge on any atom is 0.284 e. The van der Waals surface area contributed by atoms with Crippen LogP contribution in [0, 0.1) is 21.4 Å². The molecule has 1 unspecified atom stereocenters. The van der Waals surface area contributed by atoms with Crippen LogP contribution in [0.25, 0.3) is 0 Å². The smallest absolute Gasteiger partial charge is 0.284 e. The first-order valence-electron chi connectivity index (χ1n) is 6.67. The minimum atomic E-state index is -0.551. The SMILES string of the molecule is CC(NC(=O)c1ccc(Br)c([N+](=O)[O-])c1)c1ccc(C#N)cc1. The number of hydrogen-bond donors (Lipinski definition) is 1. The van der Waals surface area contributed by atoms with Gasteiger partial charge in [-0.2, -0.15) is 5.26 Å². The molecule has 0 spiro atoms. The summed E-state index contributed by atoms with van der Waals surface area (Å²) < 4.78 is 0.319. The summed E-state index contributed by atoms with van der Waals surface area (Å²) in [5, 5.41) is 22.5. The van der Waals surface area contributed by atoms with Gasteiger partial charge in [-0.05, 0) is 52.7 Å². The first-order chi connectivity index (χ1) is 10.9. The molecule has 0 fully saturated rings. The van der Waals surface area contributed by atoms with Crippen molar-refractivity contribution in [1.29, 1.82) is 5.26 Å². The molecule has 0 aliphatic rings. The van der Waals surface area contributed by atoms with Crippen LogP contribution in [0.2, 0.25) is 0 Å². The lowest BCUT2D eigenvalue weighted by molar-refractivity contribution is -0.385. The molecule has 2 aromatic carbocycles. The zero-order valence-electron chi connectivity index (χ0n) is 12.1. The Morgan fingerprint density at radius 2 is 1.96 bits per heavy atom. The summed E-state index contributed by atoms with van der Waals surface area (Å²) in [5.74, 6) is -0.405. The predicted molar refractivity (Wildman–Crippen MR) is 87.8 cm³/mol. The molecule has 7 heteroatoms. The molecule has 0 heterocycles. The lowest BCUT2D eigenvalue weighted by Gasteiger charge is -2.14. The molecular weight excluding hydrogens is 362 g/mol. The quantitative estimate of drug-likeness (QED) is 0.652. The summed E-state index contributed by atoms with van der Waals surface area (Å²) in [5.41, 5.74) is 1.42. The molecule has 0 bridgehead atoms. The lowest BCUT2D eigenvalue weighted by atomic mass is 10.1. The van der Waals surface area contributed by atoms with Crippen molar-refractivity contribution >= 4 is 27.5 Å². The van der Waals surface area contributed by atoms with Crippen LogP contribution in [0.4, 0.5) is 5.69 Å². The van der Waals surface area contributed by atoms with Crippen molar-refractivity contribution in [2.75, 3.05) is 0 Å². The Balaban J connectivity index is 2.16. The van der Waals surface area contributed by atoms with Gasteiger partial charge in [0.05, 0.1) is 27.1 Å². The van der Waals surface area contributed by atoms with Gasteiger partial charge in [0.1, 0.15) is 0 Å². The van der Waals surface area contributed by atoms with Crippen LogP contribution >= 0.6 is 15.9 Å². The van der Waals surface area contributed by atoms with Crippen molar-refractivity contribution in [3.05, 3.63) is 73.7 Å². The second-order valence-electron chi connectivity index (χ2n) is 4.85. The van der Waals surface area contributed by atoms with Crippen LogP contribution in [0.3, 0.4) is 0 Å². The van der Waals surface area contributed by atoms with Crippen molar-refractivity contribution in [3.63, 3.8) is 0 Å². The number of hydrogen-bond acceptors (Lipinski definition) is 4. The maximum absolute atomic E-state index is 12.2. The summed E-state index contributed by atoms with van der Waals surface area (Å²) >= 11 is 3.08. The molecule has 23 heavy (non-hydrogen) atoms. The van der Waals surface area contributed by atoms with E-state index in [1.54, 1.807) is 31.2 Å². The highest BCUT2D eigenvalue weighted by Gasteiger charge is 2.17. The minimum absolute atomic E-state index is 0.163. The normalized spacial score (nSPS) is 11.3. The van der Waals surface area contributed by atoms with Gasteiger partial charge in [-0.15, -0.1) is 0 Å². The Bertz CT molecular complexity index is 797. The number of halogens is 1. The number of nitro benzene ring substituents is 1. The fourth-order valence-electron chi connectivity index (χ4n) is 2.00. The van der Waals surface area contributed by atoms with Crippen LogP contribution in [0.5, 0.6) is 0 Å². The number of nitrogens with one attached hydrogen (secondary N) is 1. The molecule has 1 amide bonds. The second-order valence-corrected chi connectivity index (χ2v) is 5.71. The van der Waals surface area contributed by atoms with E-state index in [4.69, 9.17) is 5.26 Å². The largest absolute Gasteiger partial charge is 0.346 e. The first kappa shape index (κ1) is 16.6. The van der Waals surface area contributed by atoms with Gasteiger partial charge < -0.3 is 5.32 Å². The number of carbonyl (C=O) groups is 1. The number of nitro groups is 1. The third-order valence-electron chi connectivity index (χ3n) is 3.29. The van der Waals surface area contributed by atoms with Crippen molar-refractivity contribution in [3.8, 4) is 6.07 Å². The molecule has 2 rings (SSSR count). The van der Waals surface area contributed by atoms with E-state index >= 15 is 0 Å². The molecule has 0 saturated carbocycles. The predicted octanol–water partition coefficient (Wildman–Crippen LogP) is 3.72. The van der Waals surface area contributed by atoms with E-state index in [1.807, 2.05) is 6.07 Å². The fourth-order valence-corrected chi connectivity index (χ4v) is 2.39. The summed E-state index contributed by atoms with van der Waals surface area (Å²) in [6.45, 7) is 1.80. The number of nitriles is 1. The highest BCUT2D eigenvalue weighted by atomic mass is 79.9. The van der Waals surface area contributed by atoms with E-state index < -0.39 is 10.8 Å². The van der Waals surface area contributed by atoms with Crippen molar-refractivity contribution in [1.82, 2.24) is 5.32 Å². The maximum atomic E-state index is 12.2. The van der Waals surface area contributed by atoms with E-state index in [1.165, 1.54) is 18.2 Å². The Labute approximate surface area is 141 Å². The number of rotatable bonds is 4. The Kier molecular flexibility index (Phi) is 5.09. The average molecular weight is 374 g/mol. The van der Waals surface area contributed by atoms with Gasteiger partial charge in [0, 0.05) is 11.6 Å². The first-order valence-corrected chi connectivity index (χ1v) is 7.46.